The summed E-state index contributed by atoms with van der Waals surface area (Å²) >= 11 is 0. The lowest BCUT2D eigenvalue weighted by atomic mass is 10.1. The van der Waals surface area contributed by atoms with Crippen molar-refractivity contribution in [1.29, 1.82) is 0 Å². The van der Waals surface area contributed by atoms with E-state index >= 15 is 0 Å². The van der Waals surface area contributed by atoms with Crippen molar-refractivity contribution in [2.45, 2.75) is 0 Å². The Balaban J connectivity index is 2.66. The zero-order chi connectivity index (χ0) is 11.1. The Bertz CT molecular complexity index is 689. The molecule has 0 fully saturated rings. The molecule has 0 unspecified atom stereocenters. The van der Waals surface area contributed by atoms with Crippen LogP contribution in [-0.4, -0.2) is 4.57 Å². The molecule has 3 aromatic rings. The van der Waals surface area contributed by atoms with Crippen molar-refractivity contribution in [3.63, 3.8) is 0 Å². The summed E-state index contributed by atoms with van der Waals surface area (Å²) in [4.78, 5) is 0. The van der Waals surface area contributed by atoms with Crippen molar-refractivity contribution in [2.24, 2.45) is 7.05 Å². The van der Waals surface area contributed by atoms with E-state index in [4.69, 9.17) is 6.58 Å². The highest BCUT2D eigenvalue weighted by Crippen LogP contribution is 2.30. The summed E-state index contributed by atoms with van der Waals surface area (Å²) in [6.07, 6.45) is 1.67. The van der Waals surface area contributed by atoms with Crippen molar-refractivity contribution in [3.05, 3.63) is 54.6 Å². The molecule has 0 aliphatic heterocycles. The summed E-state index contributed by atoms with van der Waals surface area (Å²) in [6, 6.07) is 14.7. The van der Waals surface area contributed by atoms with Gasteiger partial charge in [-0.05, 0) is 11.6 Å². The van der Waals surface area contributed by atoms with E-state index in [1.807, 2.05) is 12.1 Å². The number of aryl methyl sites for hydroxylation is 1. The van der Waals surface area contributed by atoms with Crippen molar-refractivity contribution in [2.75, 3.05) is 0 Å². The molecule has 0 saturated heterocycles. The minimum absolute atomic E-state index is 1.08. The van der Waals surface area contributed by atoms with E-state index in [-0.39, 0.29) is 0 Å². The van der Waals surface area contributed by atoms with Crippen LogP contribution in [0.4, 0.5) is 0 Å². The van der Waals surface area contributed by atoms with E-state index in [0.29, 0.717) is 0 Å². The maximum absolute atomic E-state index is 5.67. The van der Waals surface area contributed by atoms with Crippen molar-refractivity contribution < 1.29 is 0 Å². The van der Waals surface area contributed by atoms with Gasteiger partial charge in [-0.2, -0.15) is 0 Å². The normalized spacial score (nSPS) is 11.1. The number of para-hydroxylation sites is 2. The number of benzene rings is 2. The quantitative estimate of drug-likeness (QED) is 0.571. The molecule has 2 aromatic carbocycles. The fourth-order valence-electron chi connectivity index (χ4n) is 2.40. The van der Waals surface area contributed by atoms with Crippen LogP contribution < -0.4 is 0 Å². The van der Waals surface area contributed by atoms with E-state index in [0.717, 1.165) is 5.56 Å². The molecular weight excluding hydrogens is 194 g/mol. The third kappa shape index (κ3) is 1.06. The number of rotatable bonds is 1. The van der Waals surface area contributed by atoms with Crippen molar-refractivity contribution >= 4 is 27.9 Å². The number of hydrogen-bond acceptors (Lipinski definition) is 0. The topological polar surface area (TPSA) is 4.93 Å². The highest BCUT2D eigenvalue weighted by molar-refractivity contribution is 6.10. The molecule has 0 atom stereocenters. The third-order valence-electron chi connectivity index (χ3n) is 3.14. The number of fused-ring (bicyclic) bond motifs is 3. The molecular formula is C15H12N. The van der Waals surface area contributed by atoms with E-state index in [1.165, 1.54) is 21.8 Å². The summed E-state index contributed by atoms with van der Waals surface area (Å²) in [6.45, 7) is 5.67. The van der Waals surface area contributed by atoms with Crippen molar-refractivity contribution in [3.8, 4) is 0 Å². The molecule has 1 heterocycles. The lowest BCUT2D eigenvalue weighted by Gasteiger charge is -2.01. The Morgan fingerprint density at radius 1 is 1.00 bits per heavy atom. The first-order chi connectivity index (χ1) is 7.83. The van der Waals surface area contributed by atoms with Gasteiger partial charge in [0.2, 0.25) is 0 Å². The lowest BCUT2D eigenvalue weighted by Crippen LogP contribution is -1.88. The van der Waals surface area contributed by atoms with E-state index in [9.17, 15) is 0 Å². The van der Waals surface area contributed by atoms with E-state index in [2.05, 4.69) is 41.9 Å². The smallest absolute Gasteiger partial charge is 0.0562 e. The lowest BCUT2D eigenvalue weighted by molar-refractivity contribution is 1.01. The monoisotopic (exact) mass is 206 g/mol. The van der Waals surface area contributed by atoms with Crippen LogP contribution in [0.15, 0.2) is 42.5 Å². The maximum Gasteiger partial charge on any atom is 0.0562 e. The molecule has 0 N–H and O–H groups in total. The molecule has 0 bridgehead atoms. The Morgan fingerprint density at radius 2 is 1.75 bits per heavy atom. The molecule has 1 heteroatoms. The summed E-state index contributed by atoms with van der Waals surface area (Å²) in [5.41, 5.74) is 3.52. The first-order valence-electron chi connectivity index (χ1n) is 5.34. The first-order valence-corrected chi connectivity index (χ1v) is 5.34. The van der Waals surface area contributed by atoms with E-state index in [1.54, 1.807) is 6.08 Å². The average molecular weight is 206 g/mol. The largest absolute Gasteiger partial charge is 0.343 e. The minimum Gasteiger partial charge on any atom is -0.343 e. The first kappa shape index (κ1) is 9.22. The van der Waals surface area contributed by atoms with Crippen molar-refractivity contribution in [1.82, 2.24) is 4.57 Å². The van der Waals surface area contributed by atoms with Gasteiger partial charge >= 0.3 is 0 Å². The highest BCUT2D eigenvalue weighted by Gasteiger charge is 2.08. The van der Waals surface area contributed by atoms with Crippen LogP contribution in [0.25, 0.3) is 27.9 Å². The summed E-state index contributed by atoms with van der Waals surface area (Å²) in [7, 11) is 2.08. The molecule has 0 aliphatic rings. The predicted molar refractivity (Wildman–Crippen MR) is 69.2 cm³/mol. The second-order valence-electron chi connectivity index (χ2n) is 3.99. The summed E-state index contributed by atoms with van der Waals surface area (Å²) in [5, 5.41) is 2.54. The SMILES string of the molecule is [CH]=Cc1cccc2c3ccccc3n(C)c12. The molecule has 77 valence electrons. The molecule has 1 aromatic heterocycles. The Hall–Kier alpha value is -2.02. The van der Waals surface area contributed by atoms with E-state index < -0.39 is 0 Å². The maximum atomic E-state index is 5.67. The predicted octanol–water partition coefficient (Wildman–Crippen LogP) is 3.78. The Labute approximate surface area is 94.6 Å². The molecule has 0 amide bonds. The number of hydrogen-bond donors (Lipinski definition) is 0. The molecule has 3 rings (SSSR count). The molecule has 1 radical (unpaired) electrons. The minimum atomic E-state index is 1.08. The molecule has 0 saturated carbocycles. The third-order valence-corrected chi connectivity index (χ3v) is 3.14. The Morgan fingerprint density at radius 3 is 2.56 bits per heavy atom. The van der Waals surface area contributed by atoms with Gasteiger partial charge in [-0.15, -0.1) is 0 Å². The van der Waals surface area contributed by atoms with Crippen LogP contribution >= 0.6 is 0 Å². The highest BCUT2D eigenvalue weighted by atomic mass is 14.9. The molecule has 1 nitrogen and oxygen atoms in total. The van der Waals surface area contributed by atoms with Crippen LogP contribution in [0.5, 0.6) is 0 Å². The fourth-order valence-corrected chi connectivity index (χ4v) is 2.40. The van der Waals surface area contributed by atoms with Crippen LogP contribution in [0.1, 0.15) is 5.56 Å². The van der Waals surface area contributed by atoms with Gasteiger partial charge in [0.1, 0.15) is 0 Å². The number of aromatic nitrogens is 1. The molecule has 0 spiro atoms. The van der Waals surface area contributed by atoms with Gasteiger partial charge < -0.3 is 4.57 Å². The molecule has 0 aliphatic carbocycles. The molecule has 16 heavy (non-hydrogen) atoms. The fraction of sp³-hybridized carbons (Fsp3) is 0.0667. The van der Waals surface area contributed by atoms with Gasteiger partial charge in [0, 0.05) is 23.3 Å². The average Bonchev–Trinajstić information content (AvgIpc) is 2.64. The van der Waals surface area contributed by atoms with Crippen LogP contribution in [-0.2, 0) is 7.05 Å². The standard InChI is InChI=1S/C15H12N/c1-3-11-7-6-9-13-12-8-4-5-10-14(12)16(2)15(11)13/h1,3-10H,2H3. The number of nitrogens with zero attached hydrogens (tertiary/aromatic N) is 1. The van der Waals surface area contributed by atoms with Gasteiger partial charge in [-0.25, -0.2) is 0 Å². The zero-order valence-corrected chi connectivity index (χ0v) is 9.14. The van der Waals surface area contributed by atoms with Crippen LogP contribution in [0, 0.1) is 6.58 Å². The van der Waals surface area contributed by atoms with Gasteiger partial charge in [-0.3, -0.25) is 0 Å². The summed E-state index contributed by atoms with van der Waals surface area (Å²) < 4.78 is 2.20. The van der Waals surface area contributed by atoms with Gasteiger partial charge in [0.15, 0.2) is 0 Å². The second kappa shape index (κ2) is 3.24. The van der Waals surface area contributed by atoms with Gasteiger partial charge in [0.25, 0.3) is 0 Å². The zero-order valence-electron chi connectivity index (χ0n) is 9.14. The van der Waals surface area contributed by atoms with Gasteiger partial charge in [0.05, 0.1) is 5.52 Å². The summed E-state index contributed by atoms with van der Waals surface area (Å²) in [5.74, 6) is 0. The second-order valence-corrected chi connectivity index (χ2v) is 3.99. The van der Waals surface area contributed by atoms with Crippen LogP contribution in [0.2, 0.25) is 0 Å². The van der Waals surface area contributed by atoms with Gasteiger partial charge in [-0.1, -0.05) is 49.1 Å². The van der Waals surface area contributed by atoms with Crippen LogP contribution in [0.3, 0.4) is 0 Å². The Kier molecular flexibility index (Phi) is 1.87.